The van der Waals surface area contributed by atoms with E-state index in [-0.39, 0.29) is 19.1 Å². The van der Waals surface area contributed by atoms with E-state index in [1.54, 1.807) is 18.2 Å². The third-order valence-corrected chi connectivity index (χ3v) is 4.96. The van der Waals surface area contributed by atoms with Crippen molar-refractivity contribution in [1.82, 2.24) is 4.90 Å². The highest BCUT2D eigenvalue weighted by Crippen LogP contribution is 2.30. The molecule has 0 bridgehead atoms. The van der Waals surface area contributed by atoms with Crippen molar-refractivity contribution in [2.75, 3.05) is 25.0 Å². The molecule has 0 saturated heterocycles. The fraction of sp³-hybridized carbons (Fsp3) is 0.333. The van der Waals surface area contributed by atoms with Gasteiger partial charge in [0.25, 0.3) is 0 Å². The van der Waals surface area contributed by atoms with Gasteiger partial charge in [-0.1, -0.05) is 18.5 Å². The summed E-state index contributed by atoms with van der Waals surface area (Å²) in [6.45, 7) is 1.95. The summed E-state index contributed by atoms with van der Waals surface area (Å²) in [7, 11) is 0. The first-order valence-corrected chi connectivity index (χ1v) is 9.81. The van der Waals surface area contributed by atoms with E-state index in [9.17, 15) is 22.8 Å². The van der Waals surface area contributed by atoms with E-state index in [1.165, 1.54) is 4.90 Å². The van der Waals surface area contributed by atoms with Crippen LogP contribution in [0.15, 0.2) is 30.3 Å². The van der Waals surface area contributed by atoms with Crippen LogP contribution in [0.2, 0.25) is 5.02 Å². The zero-order chi connectivity index (χ0) is 21.8. The van der Waals surface area contributed by atoms with Crippen molar-refractivity contribution in [2.45, 2.75) is 19.8 Å². The Labute approximate surface area is 176 Å². The molecule has 0 spiro atoms. The molecule has 1 aliphatic rings. The third-order valence-electron chi connectivity index (χ3n) is 4.73. The molecule has 1 heterocycles. The average molecular weight is 441 g/mol. The van der Waals surface area contributed by atoms with E-state index in [2.05, 4.69) is 5.32 Å². The van der Waals surface area contributed by atoms with E-state index in [0.29, 0.717) is 36.2 Å². The fourth-order valence-electron chi connectivity index (χ4n) is 3.30. The number of hydrogen-bond donors (Lipinski definition) is 1. The maximum absolute atomic E-state index is 13.8. The number of rotatable bonds is 6. The van der Waals surface area contributed by atoms with Gasteiger partial charge in [-0.25, -0.2) is 13.2 Å². The largest absolute Gasteiger partial charge is 0.492 e. The van der Waals surface area contributed by atoms with Crippen LogP contribution in [0.4, 0.5) is 18.9 Å². The van der Waals surface area contributed by atoms with Gasteiger partial charge in [0, 0.05) is 11.6 Å². The summed E-state index contributed by atoms with van der Waals surface area (Å²) in [5.74, 6) is -5.37. The molecule has 2 aromatic rings. The molecule has 0 fully saturated rings. The highest BCUT2D eigenvalue weighted by molar-refractivity contribution is 6.30. The lowest BCUT2D eigenvalue weighted by Crippen LogP contribution is -2.44. The summed E-state index contributed by atoms with van der Waals surface area (Å²) in [5.41, 5.74) is 0.309. The number of carbonyl (C=O) groups is 2. The number of fused-ring (bicyclic) bond motifs is 1. The van der Waals surface area contributed by atoms with Crippen molar-refractivity contribution in [3.05, 3.63) is 58.4 Å². The first kappa shape index (κ1) is 22.0. The van der Waals surface area contributed by atoms with Gasteiger partial charge < -0.3 is 15.0 Å². The van der Waals surface area contributed by atoms with Crippen LogP contribution in [0, 0.1) is 23.4 Å². The molecule has 0 saturated carbocycles. The Morgan fingerprint density at radius 3 is 2.70 bits per heavy atom. The molecule has 30 heavy (non-hydrogen) atoms. The standard InChI is InChI=1S/C21H20ClF3N2O3/c1-2-7-27(10-18(28)26-16-5-4-15(23)19(24)20(16)25)21(29)13-8-12-9-14(22)3-6-17(12)30-11-13/h3-6,9,13H,2,7-8,10-11H2,1H3,(H,26,28). The predicted molar refractivity (Wildman–Crippen MR) is 106 cm³/mol. The number of ether oxygens (including phenoxy) is 1. The highest BCUT2D eigenvalue weighted by atomic mass is 35.5. The zero-order valence-electron chi connectivity index (χ0n) is 16.2. The van der Waals surface area contributed by atoms with Crippen LogP contribution in [0.1, 0.15) is 18.9 Å². The third kappa shape index (κ3) is 4.87. The maximum atomic E-state index is 13.8. The minimum Gasteiger partial charge on any atom is -0.492 e. The first-order chi connectivity index (χ1) is 14.3. The summed E-state index contributed by atoms with van der Waals surface area (Å²) in [4.78, 5) is 26.7. The van der Waals surface area contributed by atoms with Gasteiger partial charge in [0.1, 0.15) is 12.4 Å². The molecule has 0 aliphatic carbocycles. The molecule has 0 radical (unpaired) electrons. The molecule has 9 heteroatoms. The Hall–Kier alpha value is -2.74. The minimum absolute atomic E-state index is 0.160. The Morgan fingerprint density at radius 2 is 1.97 bits per heavy atom. The SMILES string of the molecule is CCCN(CC(=O)Nc1ccc(F)c(F)c1F)C(=O)C1COc2ccc(Cl)cc2C1. The van der Waals surface area contributed by atoms with Crippen LogP contribution in [-0.2, 0) is 16.0 Å². The van der Waals surface area contributed by atoms with Crippen LogP contribution < -0.4 is 10.1 Å². The molecule has 2 amide bonds. The van der Waals surface area contributed by atoms with Crippen molar-refractivity contribution in [3.63, 3.8) is 0 Å². The summed E-state index contributed by atoms with van der Waals surface area (Å²) in [5, 5.41) is 2.72. The Kier molecular flexibility index (Phi) is 6.87. The summed E-state index contributed by atoms with van der Waals surface area (Å²) in [6.07, 6.45) is 1.00. The molecule has 1 N–H and O–H groups in total. The van der Waals surface area contributed by atoms with E-state index in [0.717, 1.165) is 11.6 Å². The molecule has 3 rings (SSSR count). The number of anilines is 1. The van der Waals surface area contributed by atoms with Crippen molar-refractivity contribution in [1.29, 1.82) is 0 Å². The quantitative estimate of drug-likeness (QED) is 0.685. The second-order valence-corrected chi connectivity index (χ2v) is 7.43. The molecule has 0 aromatic heterocycles. The summed E-state index contributed by atoms with van der Waals surface area (Å²) >= 11 is 6.01. The van der Waals surface area contributed by atoms with Crippen LogP contribution in [0.3, 0.4) is 0 Å². The number of hydrogen-bond acceptors (Lipinski definition) is 3. The van der Waals surface area contributed by atoms with Crippen LogP contribution in [0.5, 0.6) is 5.75 Å². The number of halogens is 4. The number of carbonyl (C=O) groups excluding carboxylic acids is 2. The highest BCUT2D eigenvalue weighted by Gasteiger charge is 2.30. The average Bonchev–Trinajstić information content (AvgIpc) is 2.72. The second kappa shape index (κ2) is 9.38. The van der Waals surface area contributed by atoms with Gasteiger partial charge in [-0.3, -0.25) is 9.59 Å². The topological polar surface area (TPSA) is 58.6 Å². The van der Waals surface area contributed by atoms with E-state index < -0.39 is 35.0 Å². The van der Waals surface area contributed by atoms with Crippen LogP contribution in [-0.4, -0.2) is 36.4 Å². The molecule has 160 valence electrons. The van der Waals surface area contributed by atoms with Crippen LogP contribution in [0.25, 0.3) is 0 Å². The van der Waals surface area contributed by atoms with E-state index >= 15 is 0 Å². The number of benzene rings is 2. The number of nitrogens with zero attached hydrogens (tertiary/aromatic N) is 1. The van der Waals surface area contributed by atoms with E-state index in [1.807, 2.05) is 6.92 Å². The van der Waals surface area contributed by atoms with Gasteiger partial charge in [0.15, 0.2) is 17.5 Å². The van der Waals surface area contributed by atoms with Crippen molar-refractivity contribution >= 4 is 29.1 Å². The van der Waals surface area contributed by atoms with Gasteiger partial charge in [-0.15, -0.1) is 0 Å². The Balaban J connectivity index is 1.69. The number of nitrogens with one attached hydrogen (secondary N) is 1. The second-order valence-electron chi connectivity index (χ2n) is 6.99. The van der Waals surface area contributed by atoms with Crippen molar-refractivity contribution < 1.29 is 27.5 Å². The molecular weight excluding hydrogens is 421 g/mol. The first-order valence-electron chi connectivity index (χ1n) is 9.43. The number of amides is 2. The maximum Gasteiger partial charge on any atom is 0.244 e. The van der Waals surface area contributed by atoms with Crippen molar-refractivity contribution in [2.24, 2.45) is 5.92 Å². The zero-order valence-corrected chi connectivity index (χ0v) is 16.9. The molecule has 1 aliphatic heterocycles. The lowest BCUT2D eigenvalue weighted by molar-refractivity contribution is -0.139. The van der Waals surface area contributed by atoms with Gasteiger partial charge in [0.05, 0.1) is 18.2 Å². The predicted octanol–water partition coefficient (Wildman–Crippen LogP) is 4.19. The summed E-state index contributed by atoms with van der Waals surface area (Å²) < 4.78 is 45.8. The Bertz CT molecular complexity index is 971. The summed E-state index contributed by atoms with van der Waals surface area (Å²) in [6, 6.07) is 6.82. The van der Waals surface area contributed by atoms with Gasteiger partial charge in [0.2, 0.25) is 11.8 Å². The van der Waals surface area contributed by atoms with Gasteiger partial charge in [-0.05, 0) is 48.7 Å². The minimum atomic E-state index is -1.68. The molecular formula is C21H20ClF3N2O3. The molecule has 2 aromatic carbocycles. The monoisotopic (exact) mass is 440 g/mol. The molecule has 1 atom stereocenters. The lowest BCUT2D eigenvalue weighted by atomic mass is 9.95. The fourth-order valence-corrected chi connectivity index (χ4v) is 3.50. The normalized spacial score (nSPS) is 15.2. The van der Waals surface area contributed by atoms with E-state index in [4.69, 9.17) is 16.3 Å². The molecule has 1 unspecified atom stereocenters. The van der Waals surface area contributed by atoms with Crippen molar-refractivity contribution in [3.8, 4) is 5.75 Å². The smallest absolute Gasteiger partial charge is 0.244 e. The Morgan fingerprint density at radius 1 is 1.20 bits per heavy atom. The molecule has 5 nitrogen and oxygen atoms in total. The van der Waals surface area contributed by atoms with Gasteiger partial charge >= 0.3 is 0 Å². The van der Waals surface area contributed by atoms with Crippen LogP contribution >= 0.6 is 11.6 Å². The lowest BCUT2D eigenvalue weighted by Gasteiger charge is -2.30. The van der Waals surface area contributed by atoms with Gasteiger partial charge in [-0.2, -0.15) is 0 Å².